The zero-order valence-electron chi connectivity index (χ0n) is 20.8. The van der Waals surface area contributed by atoms with Crippen LogP contribution >= 0.6 is 0 Å². The number of pyridine rings is 1. The van der Waals surface area contributed by atoms with E-state index >= 15 is 13.2 Å². The third-order valence-corrected chi connectivity index (χ3v) is 9.04. The van der Waals surface area contributed by atoms with E-state index in [-0.39, 0.29) is 30.0 Å². The zero-order valence-corrected chi connectivity index (χ0v) is 21.7. The Morgan fingerprint density at radius 2 is 1.66 bits per heavy atom. The first-order valence-corrected chi connectivity index (χ1v) is 13.6. The topological polar surface area (TPSA) is 73.8 Å². The predicted molar refractivity (Wildman–Crippen MR) is 133 cm³/mol. The number of sulfonamides is 1. The lowest BCUT2D eigenvalue weighted by atomic mass is 10.0. The van der Waals surface area contributed by atoms with Crippen molar-refractivity contribution in [1.29, 1.82) is 0 Å². The molecule has 12 heteroatoms. The number of rotatable bonds is 4. The van der Waals surface area contributed by atoms with Crippen LogP contribution in [0.15, 0.2) is 35.2 Å². The predicted octanol–water partition coefficient (Wildman–Crippen LogP) is 3.75. The molecule has 0 radical (unpaired) electrons. The van der Waals surface area contributed by atoms with Crippen LogP contribution in [0, 0.1) is 24.4 Å². The van der Waals surface area contributed by atoms with E-state index in [1.165, 1.54) is 13.0 Å². The van der Waals surface area contributed by atoms with Crippen LogP contribution < -0.4 is 0 Å². The Balaban J connectivity index is 1.55. The normalized spacial score (nSPS) is 19.4. The second-order valence-electron chi connectivity index (χ2n) is 9.74. The molecular weight excluding hydrogens is 524 g/mol. The lowest BCUT2D eigenvalue weighted by Crippen LogP contribution is -2.47. The van der Waals surface area contributed by atoms with E-state index in [0.717, 1.165) is 17.4 Å². The van der Waals surface area contributed by atoms with Crippen LogP contribution in [0.4, 0.5) is 17.6 Å². The molecule has 2 fully saturated rings. The van der Waals surface area contributed by atoms with E-state index in [0.29, 0.717) is 36.2 Å². The molecule has 0 N–H and O–H groups in total. The van der Waals surface area contributed by atoms with Gasteiger partial charge in [0.05, 0.1) is 16.0 Å². The molecule has 2 aliphatic heterocycles. The minimum absolute atomic E-state index is 0.00687. The van der Waals surface area contributed by atoms with Crippen LogP contribution in [-0.4, -0.2) is 85.9 Å². The monoisotopic (exact) mass is 550 g/mol. The molecule has 1 atom stereocenters. The Kier molecular flexibility index (Phi) is 6.91. The SMILES string of the molecule is Cc1c(F)c(-c2c(F)cc(S(=O)(=O)N3CC[C@H](F)C3)cc2F)nc2cc(C(=O)N3CCN(C)CC3)ccc12. The highest BCUT2D eigenvalue weighted by Gasteiger charge is 2.34. The van der Waals surface area contributed by atoms with Gasteiger partial charge in [0.1, 0.15) is 23.5 Å². The summed E-state index contributed by atoms with van der Waals surface area (Å²) < 4.78 is 85.7. The fourth-order valence-corrected chi connectivity index (χ4v) is 6.38. The highest BCUT2D eigenvalue weighted by molar-refractivity contribution is 7.89. The first-order chi connectivity index (χ1) is 18.0. The summed E-state index contributed by atoms with van der Waals surface area (Å²) >= 11 is 0. The molecule has 1 aromatic heterocycles. The van der Waals surface area contributed by atoms with Crippen molar-refractivity contribution < 1.29 is 30.8 Å². The number of aryl methyl sites for hydroxylation is 1. The molecule has 1 amide bonds. The fourth-order valence-electron chi connectivity index (χ4n) is 4.88. The molecule has 7 nitrogen and oxygen atoms in total. The summed E-state index contributed by atoms with van der Waals surface area (Å²) in [4.78, 5) is 20.3. The summed E-state index contributed by atoms with van der Waals surface area (Å²) in [6, 6.07) is 5.75. The van der Waals surface area contributed by atoms with E-state index in [4.69, 9.17) is 0 Å². The molecule has 3 heterocycles. The summed E-state index contributed by atoms with van der Waals surface area (Å²) in [5, 5.41) is 0.371. The number of carbonyl (C=O) groups is 1. The number of halogens is 4. The standard InChI is InChI=1S/C26H26F4N4O3S/c1-15-19-4-3-16(26(35)33-9-7-32(2)8-10-33)11-22(19)31-25(24(15)30)23-20(28)12-18(13-21(23)29)38(36,37)34-6-5-17(27)14-34/h3-4,11-13,17H,5-10,14H2,1-2H3/t17-/m0/s1. The Hall–Kier alpha value is -3.09. The number of likely N-dealkylation sites (N-methyl/N-ethyl adjacent to an activating group) is 1. The number of nitrogens with zero attached hydrogens (tertiary/aromatic N) is 4. The molecular formula is C26H26F4N4O3S. The van der Waals surface area contributed by atoms with Crippen LogP contribution in [0.3, 0.4) is 0 Å². The molecule has 0 unspecified atom stereocenters. The fraction of sp³-hybridized carbons (Fsp3) is 0.385. The maximum Gasteiger partial charge on any atom is 0.254 e. The first-order valence-electron chi connectivity index (χ1n) is 12.2. The van der Waals surface area contributed by atoms with E-state index in [1.54, 1.807) is 17.0 Å². The van der Waals surface area contributed by atoms with Crippen LogP contribution in [0.5, 0.6) is 0 Å². The van der Waals surface area contributed by atoms with Crippen molar-refractivity contribution in [3.8, 4) is 11.3 Å². The van der Waals surface area contributed by atoms with Gasteiger partial charge in [0.15, 0.2) is 5.82 Å². The first kappa shape index (κ1) is 26.5. The smallest absolute Gasteiger partial charge is 0.254 e. The van der Waals surface area contributed by atoms with Gasteiger partial charge in [-0.25, -0.2) is 31.0 Å². The quantitative estimate of drug-likeness (QED) is 0.463. The molecule has 5 rings (SSSR count). The lowest BCUT2D eigenvalue weighted by Gasteiger charge is -2.32. The third-order valence-electron chi connectivity index (χ3n) is 7.19. The third kappa shape index (κ3) is 4.65. The largest absolute Gasteiger partial charge is 0.336 e. The minimum atomic E-state index is -4.34. The van der Waals surface area contributed by atoms with Crippen LogP contribution in [0.1, 0.15) is 22.3 Å². The molecule has 0 aliphatic carbocycles. The van der Waals surface area contributed by atoms with Gasteiger partial charge in [0, 0.05) is 50.2 Å². The number of carbonyl (C=O) groups excluding carboxylic acids is 1. The number of hydrogen-bond acceptors (Lipinski definition) is 5. The van der Waals surface area contributed by atoms with E-state index < -0.39 is 56.3 Å². The van der Waals surface area contributed by atoms with Gasteiger partial charge >= 0.3 is 0 Å². The van der Waals surface area contributed by atoms with Gasteiger partial charge in [-0.1, -0.05) is 6.07 Å². The van der Waals surface area contributed by atoms with E-state index in [1.807, 2.05) is 7.05 Å². The number of hydrogen-bond donors (Lipinski definition) is 0. The average molecular weight is 551 g/mol. The number of benzene rings is 2. The summed E-state index contributed by atoms with van der Waals surface area (Å²) in [6.45, 7) is 3.46. The Bertz CT molecular complexity index is 1520. The molecule has 0 saturated carbocycles. The summed E-state index contributed by atoms with van der Waals surface area (Å²) in [5.41, 5.74) is -0.911. The maximum absolute atomic E-state index is 15.3. The van der Waals surface area contributed by atoms with Crippen molar-refractivity contribution in [2.45, 2.75) is 24.4 Å². The Morgan fingerprint density at radius 3 is 2.26 bits per heavy atom. The molecule has 0 bridgehead atoms. The van der Waals surface area contributed by atoms with E-state index in [9.17, 15) is 17.6 Å². The average Bonchev–Trinajstić information content (AvgIpc) is 3.33. The summed E-state index contributed by atoms with van der Waals surface area (Å²) in [7, 11) is -2.38. The molecule has 0 spiro atoms. The molecule has 2 saturated heterocycles. The molecule has 2 aliphatic rings. The van der Waals surface area contributed by atoms with Crippen molar-refractivity contribution in [3.05, 3.63) is 58.9 Å². The van der Waals surface area contributed by atoms with E-state index in [2.05, 4.69) is 9.88 Å². The van der Waals surface area contributed by atoms with Gasteiger partial charge < -0.3 is 9.80 Å². The molecule has 38 heavy (non-hydrogen) atoms. The number of amides is 1. The second kappa shape index (κ2) is 9.90. The molecule has 202 valence electrons. The van der Waals surface area contributed by atoms with Gasteiger partial charge in [0.2, 0.25) is 10.0 Å². The van der Waals surface area contributed by atoms with Gasteiger partial charge in [-0.05, 0) is 50.2 Å². The maximum atomic E-state index is 15.3. The van der Waals surface area contributed by atoms with Crippen LogP contribution in [0.2, 0.25) is 0 Å². The zero-order chi connectivity index (χ0) is 27.4. The lowest BCUT2D eigenvalue weighted by molar-refractivity contribution is 0.0664. The number of aromatic nitrogens is 1. The summed E-state index contributed by atoms with van der Waals surface area (Å²) in [6.07, 6.45) is -1.36. The van der Waals surface area contributed by atoms with Crippen LogP contribution in [0.25, 0.3) is 22.2 Å². The van der Waals surface area contributed by atoms with Gasteiger partial charge in [-0.3, -0.25) is 4.79 Å². The highest BCUT2D eigenvalue weighted by Crippen LogP contribution is 2.34. The molecule has 3 aromatic rings. The van der Waals surface area contributed by atoms with Crippen molar-refractivity contribution in [2.75, 3.05) is 46.3 Å². The van der Waals surface area contributed by atoms with Crippen molar-refractivity contribution in [1.82, 2.24) is 19.1 Å². The number of alkyl halides is 1. The van der Waals surface area contributed by atoms with Crippen LogP contribution in [-0.2, 0) is 10.0 Å². The summed E-state index contributed by atoms with van der Waals surface area (Å²) in [5.74, 6) is -3.85. The van der Waals surface area contributed by atoms with Gasteiger partial charge in [-0.2, -0.15) is 4.31 Å². The van der Waals surface area contributed by atoms with Crippen molar-refractivity contribution in [3.63, 3.8) is 0 Å². The highest BCUT2D eigenvalue weighted by atomic mass is 32.2. The minimum Gasteiger partial charge on any atom is -0.336 e. The second-order valence-corrected chi connectivity index (χ2v) is 11.7. The van der Waals surface area contributed by atoms with Crippen molar-refractivity contribution >= 4 is 26.8 Å². The number of piperazine rings is 1. The molecule has 2 aromatic carbocycles. The van der Waals surface area contributed by atoms with Gasteiger partial charge in [0.25, 0.3) is 5.91 Å². The van der Waals surface area contributed by atoms with Crippen molar-refractivity contribution in [2.24, 2.45) is 0 Å². The Labute approximate surface area is 217 Å². The Morgan fingerprint density at radius 1 is 1.00 bits per heavy atom. The number of fused-ring (bicyclic) bond motifs is 1. The van der Waals surface area contributed by atoms with Gasteiger partial charge in [-0.15, -0.1) is 0 Å².